The third-order valence-electron chi connectivity index (χ3n) is 25.6. The summed E-state index contributed by atoms with van der Waals surface area (Å²) in [5.74, 6) is 0. The molecule has 0 bridgehead atoms. The Morgan fingerprint density at radius 2 is 0.479 bits per heavy atom. The number of benzene rings is 17. The molecule has 6 nitrogen and oxygen atoms in total. The van der Waals surface area contributed by atoms with Crippen LogP contribution in [0.3, 0.4) is 0 Å². The standard InChI is InChI=1S/C114H89BN6/c1-112(2,3)76-62-91(72-34-14-10-15-35-72)110(92(63-76)73-36-16-11-17-37-73)120-105-70-81(118-101-52-32-26-46-87(101)89-58-54-79(68-103(89)118)116-97-48-28-22-42-83(97)84-43-23-29-49-98(84)116)56-60-95(105)115-96-61-57-82(119-102-53-33-27-47-88(102)90-59-55-80(69-104(90)119)117-99-50-30-24-44-85(99)86-45-25-31-51-100(86)117)71-106(96)121(108-67-78(114(7,8)9)66-107(120)109(108)115)111-93(74-38-18-12-19-39-74)64-77(113(4,5)6)65-94(111)75-40-20-13-21-41-75/h10-71H,1-9H3/i56D,57D,60D,61D,70D,71D. The number of hydrogen-bond donors (Lipinski definition) is 0. The van der Waals surface area contributed by atoms with Gasteiger partial charge in [-0.25, -0.2) is 0 Å². The highest BCUT2D eigenvalue weighted by molar-refractivity contribution is 7.00. The van der Waals surface area contributed by atoms with E-state index in [4.69, 9.17) is 0 Å². The Morgan fingerprint density at radius 3 is 0.760 bits per heavy atom. The molecule has 0 spiro atoms. The van der Waals surface area contributed by atoms with E-state index < -0.39 is 23.0 Å². The number of rotatable bonds is 10. The number of nitrogens with zero attached hydrogens (tertiary/aromatic N) is 6. The van der Waals surface area contributed by atoms with E-state index in [0.717, 1.165) is 171 Å². The number of aromatic nitrogens is 4. The highest BCUT2D eigenvalue weighted by atomic mass is 15.2. The molecule has 7 heteroatoms. The first-order valence-corrected chi connectivity index (χ1v) is 42.2. The molecule has 6 heterocycles. The number of para-hydroxylation sites is 6. The van der Waals surface area contributed by atoms with Gasteiger partial charge in [0.05, 0.1) is 63.7 Å². The normalized spacial score (nSPS) is 13.6. The van der Waals surface area contributed by atoms with Crippen LogP contribution in [0.25, 0.3) is 154 Å². The van der Waals surface area contributed by atoms with Gasteiger partial charge in [-0.05, 0) is 193 Å². The van der Waals surface area contributed by atoms with Crippen molar-refractivity contribution in [2.75, 3.05) is 9.80 Å². The molecule has 578 valence electrons. The first kappa shape index (κ1) is 65.6. The molecule has 0 aliphatic carbocycles. The zero-order valence-electron chi connectivity index (χ0n) is 75.1. The fraction of sp³-hybridized carbons (Fsp3) is 0.105. The van der Waals surface area contributed by atoms with E-state index in [1.165, 1.54) is 0 Å². The molecular weight excluding hydrogens is 1460 g/mol. The Kier molecular flexibility index (Phi) is 14.7. The molecular formula is C114H89BN6. The quantitative estimate of drug-likeness (QED) is 0.128. The van der Waals surface area contributed by atoms with Crippen molar-refractivity contribution in [1.29, 1.82) is 0 Å². The van der Waals surface area contributed by atoms with E-state index in [9.17, 15) is 8.22 Å². The molecule has 0 saturated heterocycles. The van der Waals surface area contributed by atoms with Gasteiger partial charge in [-0.2, -0.15) is 0 Å². The molecule has 0 atom stereocenters. The highest BCUT2D eigenvalue weighted by Gasteiger charge is 2.47. The summed E-state index contributed by atoms with van der Waals surface area (Å²) in [7, 11) is 0. The molecule has 121 heavy (non-hydrogen) atoms. The minimum Gasteiger partial charge on any atom is -0.310 e. The molecule has 0 fully saturated rings. The van der Waals surface area contributed by atoms with Crippen LogP contribution < -0.4 is 26.2 Å². The zero-order valence-corrected chi connectivity index (χ0v) is 69.1. The third-order valence-corrected chi connectivity index (χ3v) is 25.6. The van der Waals surface area contributed by atoms with Crippen molar-refractivity contribution in [2.45, 2.75) is 78.6 Å². The molecule has 2 aliphatic rings. The van der Waals surface area contributed by atoms with Gasteiger partial charge in [0.2, 0.25) is 0 Å². The first-order valence-electron chi connectivity index (χ1n) is 45.2. The summed E-state index contributed by atoms with van der Waals surface area (Å²) in [6.07, 6.45) is 0. The summed E-state index contributed by atoms with van der Waals surface area (Å²) in [6.45, 7) is 19.1. The van der Waals surface area contributed by atoms with Gasteiger partial charge in [-0.1, -0.05) is 317 Å². The Hall–Kier alpha value is -14.4. The molecule has 21 aromatic rings. The topological polar surface area (TPSA) is 26.2 Å². The van der Waals surface area contributed by atoms with Crippen molar-refractivity contribution in [1.82, 2.24) is 18.3 Å². The van der Waals surface area contributed by atoms with E-state index in [0.29, 0.717) is 39.1 Å². The van der Waals surface area contributed by atoms with Gasteiger partial charge < -0.3 is 28.1 Å². The molecule has 0 unspecified atom stereocenters. The fourth-order valence-electron chi connectivity index (χ4n) is 19.7. The van der Waals surface area contributed by atoms with Gasteiger partial charge in [0, 0.05) is 111 Å². The van der Waals surface area contributed by atoms with Crippen LogP contribution in [0.4, 0.5) is 34.1 Å². The molecule has 0 saturated carbocycles. The predicted octanol–water partition coefficient (Wildman–Crippen LogP) is 28.7. The maximum atomic E-state index is 12.2. The lowest BCUT2D eigenvalue weighted by Crippen LogP contribution is -2.61. The van der Waals surface area contributed by atoms with E-state index in [-0.39, 0.29) is 47.6 Å². The smallest absolute Gasteiger partial charge is 0.252 e. The second kappa shape index (κ2) is 27.1. The number of fused-ring (bicyclic) bond motifs is 16. The summed E-state index contributed by atoms with van der Waals surface area (Å²) in [6, 6.07) is 119. The van der Waals surface area contributed by atoms with Gasteiger partial charge in [0.25, 0.3) is 6.71 Å². The maximum Gasteiger partial charge on any atom is 0.252 e. The lowest BCUT2D eigenvalue weighted by Gasteiger charge is -2.47. The molecule has 0 N–H and O–H groups in total. The molecule has 2 aliphatic heterocycles. The van der Waals surface area contributed by atoms with Crippen LogP contribution in [0, 0.1) is 0 Å². The second-order valence-electron chi connectivity index (χ2n) is 35.9. The Bertz CT molecular complexity index is 7530. The van der Waals surface area contributed by atoms with Crippen LogP contribution >= 0.6 is 0 Å². The second-order valence-corrected chi connectivity index (χ2v) is 35.9. The molecule has 4 aromatic heterocycles. The maximum absolute atomic E-state index is 12.2. The lowest BCUT2D eigenvalue weighted by atomic mass is 9.33. The van der Waals surface area contributed by atoms with Crippen LogP contribution in [0.15, 0.2) is 376 Å². The lowest BCUT2D eigenvalue weighted by molar-refractivity contribution is 0.590. The predicted molar refractivity (Wildman–Crippen MR) is 516 cm³/mol. The van der Waals surface area contributed by atoms with Crippen LogP contribution in [-0.4, -0.2) is 25.0 Å². The van der Waals surface area contributed by atoms with Gasteiger partial charge in [0.1, 0.15) is 0 Å². The van der Waals surface area contributed by atoms with Crippen LogP contribution in [0.2, 0.25) is 0 Å². The van der Waals surface area contributed by atoms with Gasteiger partial charge >= 0.3 is 0 Å². The summed E-state index contributed by atoms with van der Waals surface area (Å²) in [5, 5.41) is 8.12. The SMILES string of the molecule is [2H]c1c([2H])c(-n2c3ccccc3c3ccc(-n4c5ccccc5c5ccccc54)cc32)c([2H])c2c1B1c3c(cc(C(C)(C)C)cc3N(c3c(-c4ccccc4)cc(C(C)(C)C)cc3-c3ccccc3)c3c([2H])c(-n4c5ccccc5c5ccc(-n6c7ccccc7c7ccccc76)cc54)c([2H])c([2H])c31)N2c1c(-c2ccccc2)cc(C(C)(C)C)cc1-c1ccccc1. The monoisotopic (exact) mass is 1560 g/mol. The average molecular weight is 1560 g/mol. The van der Waals surface area contributed by atoms with E-state index in [2.05, 4.69) is 406 Å². The number of hydrogen-bond acceptors (Lipinski definition) is 2. The number of anilines is 6. The first-order chi connectivity index (χ1) is 61.5. The van der Waals surface area contributed by atoms with Gasteiger partial charge in [-0.15, -0.1) is 0 Å². The highest BCUT2D eigenvalue weighted by Crippen LogP contribution is 2.56. The fourth-order valence-corrected chi connectivity index (χ4v) is 19.7. The van der Waals surface area contributed by atoms with E-state index >= 15 is 0 Å². The average Bonchev–Trinajstić information content (AvgIpc) is 1.08. The van der Waals surface area contributed by atoms with E-state index in [1.54, 1.807) is 0 Å². The Balaban J connectivity index is 0.917. The van der Waals surface area contributed by atoms with Crippen molar-refractivity contribution >= 4 is 144 Å². The zero-order chi connectivity index (χ0) is 86.7. The van der Waals surface area contributed by atoms with Crippen molar-refractivity contribution in [2.24, 2.45) is 0 Å². The van der Waals surface area contributed by atoms with Crippen molar-refractivity contribution < 1.29 is 8.22 Å². The Morgan fingerprint density at radius 1 is 0.231 bits per heavy atom. The van der Waals surface area contributed by atoms with Crippen LogP contribution in [0.5, 0.6) is 0 Å². The largest absolute Gasteiger partial charge is 0.310 e. The molecule has 0 radical (unpaired) electrons. The van der Waals surface area contributed by atoms with E-state index in [1.807, 2.05) is 24.3 Å². The molecule has 23 rings (SSSR count). The summed E-state index contributed by atoms with van der Waals surface area (Å²) < 4.78 is 79.6. The molecule has 17 aromatic carbocycles. The summed E-state index contributed by atoms with van der Waals surface area (Å²) >= 11 is 0. The van der Waals surface area contributed by atoms with Crippen molar-refractivity contribution in [3.05, 3.63) is 393 Å². The van der Waals surface area contributed by atoms with Crippen LogP contribution in [0.1, 0.15) is 87.2 Å². The minimum atomic E-state index is -1.19. The van der Waals surface area contributed by atoms with Gasteiger partial charge in [0.15, 0.2) is 0 Å². The summed E-state index contributed by atoms with van der Waals surface area (Å²) in [4.78, 5) is 4.60. The van der Waals surface area contributed by atoms with Crippen LogP contribution in [-0.2, 0) is 16.2 Å². The summed E-state index contributed by atoms with van der Waals surface area (Å²) in [5.41, 5.74) is 23.2. The van der Waals surface area contributed by atoms with Gasteiger partial charge in [-0.3, -0.25) is 0 Å². The third kappa shape index (κ3) is 11.2. The van der Waals surface area contributed by atoms with Crippen molar-refractivity contribution in [3.63, 3.8) is 0 Å². The minimum absolute atomic E-state index is 0.0173. The molecule has 0 amide bonds. The van der Waals surface area contributed by atoms with Crippen molar-refractivity contribution in [3.8, 4) is 67.3 Å². The Labute approximate surface area is 714 Å².